The molecule has 0 unspecified atom stereocenters. The third-order valence-corrected chi connectivity index (χ3v) is 4.84. The van der Waals surface area contributed by atoms with Crippen LogP contribution in [0.4, 0.5) is 16.2 Å². The molecule has 7 heteroatoms. The number of nitrogens with zero attached hydrogens (tertiary/aromatic N) is 4. The van der Waals surface area contributed by atoms with E-state index in [1.165, 1.54) is 12.1 Å². The van der Waals surface area contributed by atoms with Crippen molar-refractivity contribution in [2.75, 3.05) is 11.1 Å². The molecule has 2 heterocycles. The molecule has 140 valence electrons. The van der Waals surface area contributed by atoms with Crippen molar-refractivity contribution in [1.82, 2.24) is 19.7 Å². The van der Waals surface area contributed by atoms with Crippen LogP contribution in [-0.2, 0) is 6.54 Å². The first kappa shape index (κ1) is 16.7. The summed E-state index contributed by atoms with van der Waals surface area (Å²) in [5.74, 6) is 0.730. The van der Waals surface area contributed by atoms with E-state index in [9.17, 15) is 4.39 Å². The molecule has 0 atom stereocenters. The Labute approximate surface area is 161 Å². The summed E-state index contributed by atoms with van der Waals surface area (Å²) < 4.78 is 15.2. The average molecular weight is 374 g/mol. The first-order valence-corrected chi connectivity index (χ1v) is 9.28. The molecule has 6 nitrogen and oxygen atoms in total. The minimum atomic E-state index is -0.293. The molecule has 1 fully saturated rings. The minimum Gasteiger partial charge on any atom is -0.383 e. The summed E-state index contributed by atoms with van der Waals surface area (Å²) in [4.78, 5) is 9.26. The van der Waals surface area contributed by atoms with Gasteiger partial charge >= 0.3 is 0 Å². The molecule has 0 radical (unpaired) electrons. The summed E-state index contributed by atoms with van der Waals surface area (Å²) in [6.45, 7) is 0.539. The highest BCUT2D eigenvalue weighted by Gasteiger charge is 2.24. The summed E-state index contributed by atoms with van der Waals surface area (Å²) in [6.07, 6.45) is 2.22. The largest absolute Gasteiger partial charge is 0.383 e. The van der Waals surface area contributed by atoms with Crippen molar-refractivity contribution in [1.29, 1.82) is 0 Å². The van der Waals surface area contributed by atoms with E-state index in [0.29, 0.717) is 41.1 Å². The van der Waals surface area contributed by atoms with E-state index in [-0.39, 0.29) is 5.82 Å². The lowest BCUT2D eigenvalue weighted by atomic mass is 10.1. The maximum atomic E-state index is 13.4. The Balaban J connectivity index is 1.65. The van der Waals surface area contributed by atoms with Crippen molar-refractivity contribution < 1.29 is 4.39 Å². The van der Waals surface area contributed by atoms with Gasteiger partial charge in [0.1, 0.15) is 11.6 Å². The molecular weight excluding hydrogens is 355 g/mol. The highest BCUT2D eigenvalue weighted by molar-refractivity contribution is 5.98. The van der Waals surface area contributed by atoms with Gasteiger partial charge in [-0.1, -0.05) is 30.3 Å². The van der Waals surface area contributed by atoms with Crippen LogP contribution in [0.5, 0.6) is 0 Å². The van der Waals surface area contributed by atoms with Crippen LogP contribution in [-0.4, -0.2) is 25.8 Å². The third kappa shape index (κ3) is 3.15. The highest BCUT2D eigenvalue weighted by Crippen LogP contribution is 2.33. The molecule has 3 N–H and O–H groups in total. The van der Waals surface area contributed by atoms with Gasteiger partial charge in [-0.3, -0.25) is 0 Å². The van der Waals surface area contributed by atoms with E-state index in [0.717, 1.165) is 24.0 Å². The summed E-state index contributed by atoms with van der Waals surface area (Å²) in [5.41, 5.74) is 9.50. The maximum absolute atomic E-state index is 13.4. The van der Waals surface area contributed by atoms with Crippen LogP contribution in [0.1, 0.15) is 18.4 Å². The minimum absolute atomic E-state index is 0.293. The number of anilines is 2. The van der Waals surface area contributed by atoms with Gasteiger partial charge in [-0.15, -0.1) is 5.10 Å². The maximum Gasteiger partial charge on any atom is 0.225 e. The molecule has 0 spiro atoms. The lowest BCUT2D eigenvalue weighted by Crippen LogP contribution is -2.06. The normalized spacial score (nSPS) is 13.8. The van der Waals surface area contributed by atoms with Crippen LogP contribution in [0.3, 0.4) is 0 Å². The van der Waals surface area contributed by atoms with E-state index >= 15 is 0 Å². The van der Waals surface area contributed by atoms with Crippen molar-refractivity contribution in [2.24, 2.45) is 0 Å². The standard InChI is InChI=1S/C21H19FN6/c22-15-8-6-14(7-9-15)18-17-19(23)28(12-13-4-2-1-3-5-13)27-20(17)26-21(25-18)24-16-10-11-16/h1-9,16H,10-12,23H2,(H,24,26,27). The number of benzene rings is 2. The van der Waals surface area contributed by atoms with Gasteiger partial charge in [0.2, 0.25) is 5.95 Å². The zero-order chi connectivity index (χ0) is 19.1. The van der Waals surface area contributed by atoms with E-state index in [1.807, 2.05) is 30.3 Å². The molecule has 28 heavy (non-hydrogen) atoms. The van der Waals surface area contributed by atoms with Gasteiger partial charge in [0, 0.05) is 11.6 Å². The Morgan fingerprint density at radius 3 is 2.50 bits per heavy atom. The summed E-state index contributed by atoms with van der Waals surface area (Å²) >= 11 is 0. The summed E-state index contributed by atoms with van der Waals surface area (Å²) in [6, 6.07) is 16.6. The van der Waals surface area contributed by atoms with Gasteiger partial charge in [-0.2, -0.15) is 4.98 Å². The Bertz CT molecular complexity index is 1130. The SMILES string of the molecule is Nc1c2c(-c3ccc(F)cc3)nc(NC3CC3)nc2nn1Cc1ccccc1. The predicted molar refractivity (Wildman–Crippen MR) is 107 cm³/mol. The van der Waals surface area contributed by atoms with Crippen LogP contribution >= 0.6 is 0 Å². The monoisotopic (exact) mass is 374 g/mol. The fourth-order valence-electron chi connectivity index (χ4n) is 3.22. The van der Waals surface area contributed by atoms with Crippen molar-refractivity contribution in [3.05, 3.63) is 66.0 Å². The lowest BCUT2D eigenvalue weighted by molar-refractivity contribution is 0.628. The number of hydrogen-bond donors (Lipinski definition) is 2. The van der Waals surface area contributed by atoms with E-state index < -0.39 is 0 Å². The number of halogens is 1. The van der Waals surface area contributed by atoms with E-state index in [4.69, 9.17) is 5.73 Å². The molecule has 0 amide bonds. The van der Waals surface area contributed by atoms with Gasteiger partial charge in [-0.05, 0) is 42.7 Å². The predicted octanol–water partition coefficient (Wildman–Crippen LogP) is 3.84. The first-order chi connectivity index (χ1) is 13.7. The lowest BCUT2D eigenvalue weighted by Gasteiger charge is -2.08. The highest BCUT2D eigenvalue weighted by atomic mass is 19.1. The number of nitrogen functional groups attached to an aromatic ring is 1. The van der Waals surface area contributed by atoms with Crippen molar-refractivity contribution >= 4 is 22.8 Å². The number of fused-ring (bicyclic) bond motifs is 1. The average Bonchev–Trinajstić information content (AvgIpc) is 3.46. The Hall–Kier alpha value is -3.48. The first-order valence-electron chi connectivity index (χ1n) is 9.28. The summed E-state index contributed by atoms with van der Waals surface area (Å²) in [5, 5.41) is 8.63. The van der Waals surface area contributed by atoms with Gasteiger partial charge in [-0.25, -0.2) is 14.1 Å². The Morgan fingerprint density at radius 2 is 1.79 bits per heavy atom. The molecule has 2 aromatic heterocycles. The van der Waals surface area contributed by atoms with Gasteiger partial charge in [0.25, 0.3) is 0 Å². The number of nitrogens with two attached hydrogens (primary N) is 1. The molecule has 1 saturated carbocycles. The molecule has 1 aliphatic carbocycles. The molecule has 0 saturated heterocycles. The molecule has 2 aromatic carbocycles. The Morgan fingerprint density at radius 1 is 1.04 bits per heavy atom. The molecule has 0 bridgehead atoms. The molecule has 5 rings (SSSR count). The molecular formula is C21H19FN6. The van der Waals surface area contributed by atoms with Crippen LogP contribution in [0, 0.1) is 5.82 Å². The zero-order valence-corrected chi connectivity index (χ0v) is 15.1. The van der Waals surface area contributed by atoms with Crippen molar-refractivity contribution in [3.8, 4) is 11.3 Å². The molecule has 4 aromatic rings. The van der Waals surface area contributed by atoms with E-state index in [2.05, 4.69) is 20.4 Å². The second-order valence-electron chi connectivity index (χ2n) is 7.05. The van der Waals surface area contributed by atoms with Gasteiger partial charge in [0.05, 0.1) is 17.6 Å². The molecule has 1 aliphatic rings. The number of hydrogen-bond acceptors (Lipinski definition) is 5. The van der Waals surface area contributed by atoms with Gasteiger partial charge in [0.15, 0.2) is 5.65 Å². The number of rotatable bonds is 5. The smallest absolute Gasteiger partial charge is 0.225 e. The zero-order valence-electron chi connectivity index (χ0n) is 15.1. The van der Waals surface area contributed by atoms with Crippen LogP contribution in [0.25, 0.3) is 22.3 Å². The van der Waals surface area contributed by atoms with Crippen LogP contribution in [0.2, 0.25) is 0 Å². The van der Waals surface area contributed by atoms with E-state index in [1.54, 1.807) is 16.8 Å². The topological polar surface area (TPSA) is 81.7 Å². The van der Waals surface area contributed by atoms with Crippen LogP contribution in [0.15, 0.2) is 54.6 Å². The number of nitrogens with one attached hydrogen (secondary N) is 1. The second-order valence-corrected chi connectivity index (χ2v) is 7.05. The Kier molecular flexibility index (Phi) is 3.93. The second kappa shape index (κ2) is 6.60. The van der Waals surface area contributed by atoms with Crippen molar-refractivity contribution in [2.45, 2.75) is 25.4 Å². The van der Waals surface area contributed by atoms with Crippen molar-refractivity contribution in [3.63, 3.8) is 0 Å². The quantitative estimate of drug-likeness (QED) is 0.555. The fraction of sp³-hybridized carbons (Fsp3) is 0.190. The number of aromatic nitrogens is 4. The third-order valence-electron chi connectivity index (χ3n) is 4.84. The summed E-state index contributed by atoms with van der Waals surface area (Å²) in [7, 11) is 0. The van der Waals surface area contributed by atoms with Gasteiger partial charge < -0.3 is 11.1 Å². The fourth-order valence-corrected chi connectivity index (χ4v) is 3.22. The van der Waals surface area contributed by atoms with Crippen LogP contribution < -0.4 is 11.1 Å². The molecule has 0 aliphatic heterocycles.